The van der Waals surface area contributed by atoms with E-state index in [-0.39, 0.29) is 19.8 Å². The van der Waals surface area contributed by atoms with Gasteiger partial charge in [0.25, 0.3) is 0 Å². The Morgan fingerprint density at radius 2 is 2.00 bits per heavy atom. The second kappa shape index (κ2) is 5.98. The van der Waals surface area contributed by atoms with Gasteiger partial charge in [-0.25, -0.2) is 0 Å². The van der Waals surface area contributed by atoms with E-state index in [9.17, 15) is 9.59 Å². The van der Waals surface area contributed by atoms with Gasteiger partial charge < -0.3 is 0 Å². The molecule has 1 saturated heterocycles. The van der Waals surface area contributed by atoms with Gasteiger partial charge in [0.15, 0.2) is 0 Å². The van der Waals surface area contributed by atoms with Crippen LogP contribution >= 0.6 is 0 Å². The fourth-order valence-electron chi connectivity index (χ4n) is 2.18. The molecular formula is C15H18O4Se. The van der Waals surface area contributed by atoms with Crippen LogP contribution < -0.4 is 4.46 Å². The number of benzene rings is 1. The average molecular weight is 341 g/mol. The van der Waals surface area contributed by atoms with Gasteiger partial charge in [0, 0.05) is 0 Å². The number of rotatable bonds is 3. The number of carbonyl (C=O) groups is 2. The summed E-state index contributed by atoms with van der Waals surface area (Å²) in [4.78, 5) is 23.7. The van der Waals surface area contributed by atoms with Crippen molar-refractivity contribution in [2.45, 2.75) is 30.7 Å². The molecule has 0 N–H and O–H groups in total. The molecule has 1 fully saturated rings. The molecule has 1 aromatic carbocycles. The molecule has 1 aliphatic rings. The third-order valence-corrected chi connectivity index (χ3v) is 6.71. The predicted molar refractivity (Wildman–Crippen MR) is 75.9 cm³/mol. The van der Waals surface area contributed by atoms with Gasteiger partial charge in [-0.1, -0.05) is 0 Å². The Hall–Kier alpha value is -1.32. The third-order valence-electron chi connectivity index (χ3n) is 3.38. The molecule has 0 bridgehead atoms. The van der Waals surface area contributed by atoms with Crippen LogP contribution in [0.4, 0.5) is 0 Å². The summed E-state index contributed by atoms with van der Waals surface area (Å²) in [5.74, 6) is -1.76. The van der Waals surface area contributed by atoms with Crippen molar-refractivity contribution in [3.8, 4) is 0 Å². The summed E-state index contributed by atoms with van der Waals surface area (Å²) in [6, 6.07) is 10.1. The topological polar surface area (TPSA) is 52.6 Å². The van der Waals surface area contributed by atoms with E-state index in [2.05, 4.69) is 12.1 Å². The van der Waals surface area contributed by atoms with Gasteiger partial charge in [-0.15, -0.1) is 0 Å². The molecule has 0 radical (unpaired) electrons. The number of ether oxygens (including phenoxy) is 2. The quantitative estimate of drug-likeness (QED) is 0.473. The Kier molecular flexibility index (Phi) is 4.51. The van der Waals surface area contributed by atoms with Gasteiger partial charge in [0.1, 0.15) is 0 Å². The summed E-state index contributed by atoms with van der Waals surface area (Å²) in [6.07, 6.45) is 0.493. The van der Waals surface area contributed by atoms with Crippen molar-refractivity contribution < 1.29 is 19.1 Å². The molecule has 108 valence electrons. The minimum atomic E-state index is -0.788. The second-order valence-corrected chi connectivity index (χ2v) is 7.93. The van der Waals surface area contributed by atoms with Crippen molar-refractivity contribution in [1.29, 1.82) is 0 Å². The van der Waals surface area contributed by atoms with Crippen LogP contribution in [0, 0.1) is 5.92 Å². The third kappa shape index (κ3) is 3.22. The van der Waals surface area contributed by atoms with Crippen LogP contribution in [0.3, 0.4) is 0 Å². The van der Waals surface area contributed by atoms with Crippen molar-refractivity contribution in [3.05, 3.63) is 30.3 Å². The number of methoxy groups -OCH3 is 1. The van der Waals surface area contributed by atoms with Crippen molar-refractivity contribution in [1.82, 2.24) is 0 Å². The van der Waals surface area contributed by atoms with Crippen LogP contribution in [0.2, 0.25) is 4.82 Å². The first-order chi connectivity index (χ1) is 9.44. The molecule has 20 heavy (non-hydrogen) atoms. The average Bonchev–Trinajstić information content (AvgIpc) is 2.41. The number of carbonyl (C=O) groups excluding carboxylic acids is 2. The Bertz CT molecular complexity index is 498. The van der Waals surface area contributed by atoms with E-state index < -0.39 is 23.5 Å². The summed E-state index contributed by atoms with van der Waals surface area (Å²) < 4.78 is 11.4. The molecule has 0 saturated carbocycles. The molecule has 0 spiro atoms. The molecule has 2 rings (SSSR count). The first kappa shape index (κ1) is 15.1. The summed E-state index contributed by atoms with van der Waals surface area (Å²) in [6.45, 7) is 3.82. The second-order valence-electron chi connectivity index (χ2n) is 5.26. The molecule has 2 unspecified atom stereocenters. The van der Waals surface area contributed by atoms with Crippen LogP contribution in [0.1, 0.15) is 20.3 Å². The Labute approximate surface area is 125 Å². The van der Waals surface area contributed by atoms with Crippen LogP contribution in [0.5, 0.6) is 0 Å². The molecule has 1 heterocycles. The number of hydrogen-bond donors (Lipinski definition) is 0. The van der Waals surface area contributed by atoms with Crippen molar-refractivity contribution in [2.24, 2.45) is 5.92 Å². The van der Waals surface area contributed by atoms with Gasteiger partial charge in [0.05, 0.1) is 0 Å². The molecule has 2 atom stereocenters. The summed E-state index contributed by atoms with van der Waals surface area (Å²) >= 11 is 0.137. The van der Waals surface area contributed by atoms with E-state index in [0.29, 0.717) is 6.42 Å². The first-order valence-electron chi connectivity index (χ1n) is 6.46. The SMILES string of the molecule is COC(=O)C1CC([Se]c2ccccc2)C(C)(C)OC1=O. The summed E-state index contributed by atoms with van der Waals surface area (Å²) in [7, 11) is 1.30. The first-order valence-corrected chi connectivity index (χ1v) is 8.31. The minimum absolute atomic E-state index is 0.137. The molecule has 1 aliphatic heterocycles. The number of cyclic esters (lactones) is 1. The monoisotopic (exact) mass is 342 g/mol. The fourth-order valence-corrected chi connectivity index (χ4v) is 4.83. The molecule has 0 amide bonds. The summed E-state index contributed by atoms with van der Waals surface area (Å²) in [5, 5.41) is 0. The van der Waals surface area contributed by atoms with Gasteiger partial charge in [-0.05, 0) is 0 Å². The van der Waals surface area contributed by atoms with E-state index in [1.807, 2.05) is 32.0 Å². The molecule has 0 aliphatic carbocycles. The van der Waals surface area contributed by atoms with E-state index >= 15 is 0 Å². The zero-order chi connectivity index (χ0) is 14.8. The molecular weight excluding hydrogens is 323 g/mol. The van der Waals surface area contributed by atoms with Crippen molar-refractivity contribution in [3.63, 3.8) is 0 Å². The van der Waals surface area contributed by atoms with Crippen LogP contribution in [0.15, 0.2) is 30.3 Å². The Morgan fingerprint density at radius 3 is 2.60 bits per heavy atom. The van der Waals surface area contributed by atoms with Gasteiger partial charge >= 0.3 is 124 Å². The molecule has 0 aromatic heterocycles. The van der Waals surface area contributed by atoms with Crippen LogP contribution in [0.25, 0.3) is 0 Å². The number of hydrogen-bond acceptors (Lipinski definition) is 4. The zero-order valence-corrected chi connectivity index (χ0v) is 13.5. The van der Waals surface area contributed by atoms with Crippen LogP contribution in [-0.4, -0.2) is 39.6 Å². The summed E-state index contributed by atoms with van der Waals surface area (Å²) in [5.41, 5.74) is -0.544. The van der Waals surface area contributed by atoms with Crippen molar-refractivity contribution in [2.75, 3.05) is 7.11 Å². The standard InChI is InChI=1S/C15H18O4Se/c1-15(2)12(20-10-7-5-4-6-8-10)9-11(13(16)18-3)14(17)19-15/h4-8,11-12H,9H2,1-3H3. The molecule has 5 heteroatoms. The van der Waals surface area contributed by atoms with Gasteiger partial charge in [-0.3, -0.25) is 0 Å². The van der Waals surface area contributed by atoms with Crippen LogP contribution in [-0.2, 0) is 19.1 Å². The van der Waals surface area contributed by atoms with Crippen molar-refractivity contribution >= 4 is 31.4 Å². The number of esters is 2. The zero-order valence-electron chi connectivity index (χ0n) is 11.8. The predicted octanol–water partition coefficient (Wildman–Crippen LogP) is 1.32. The van der Waals surface area contributed by atoms with Gasteiger partial charge in [0.2, 0.25) is 0 Å². The molecule has 4 nitrogen and oxygen atoms in total. The van der Waals surface area contributed by atoms with E-state index in [1.165, 1.54) is 11.6 Å². The normalized spacial score (nSPS) is 24.9. The Balaban J connectivity index is 2.17. The molecule has 1 aromatic rings. The maximum absolute atomic E-state index is 11.9. The van der Waals surface area contributed by atoms with E-state index in [1.54, 1.807) is 0 Å². The van der Waals surface area contributed by atoms with Gasteiger partial charge in [-0.2, -0.15) is 0 Å². The maximum atomic E-state index is 11.9. The van der Waals surface area contributed by atoms with E-state index in [0.717, 1.165) is 0 Å². The fraction of sp³-hybridized carbons (Fsp3) is 0.467. The van der Waals surface area contributed by atoms with E-state index in [4.69, 9.17) is 9.47 Å². The Morgan fingerprint density at radius 1 is 1.35 bits per heavy atom.